The Labute approximate surface area is 134 Å². The van der Waals surface area contributed by atoms with Gasteiger partial charge >= 0.3 is 5.97 Å². The molecule has 120 valence electrons. The molecule has 0 fully saturated rings. The first-order valence-corrected chi connectivity index (χ1v) is 7.60. The molecule has 0 aromatic carbocycles. The number of carbonyl (C=O) groups excluding carboxylic acids is 1. The predicted octanol–water partition coefficient (Wildman–Crippen LogP) is 1.67. The minimum atomic E-state index is -0.959. The number of carboxylic acid groups (broad SMARTS) is 1. The number of carboxylic acids is 1. The summed E-state index contributed by atoms with van der Waals surface area (Å²) in [6.45, 7) is 2.87. The number of amides is 1. The molecule has 23 heavy (non-hydrogen) atoms. The van der Waals surface area contributed by atoms with Gasteiger partial charge in [0, 0.05) is 38.4 Å². The monoisotopic (exact) mass is 313 g/mol. The molecule has 6 heteroatoms. The summed E-state index contributed by atoms with van der Waals surface area (Å²) in [5.41, 5.74) is 3.25. The maximum Gasteiger partial charge on any atom is 0.337 e. The van der Waals surface area contributed by atoms with Gasteiger partial charge < -0.3 is 14.6 Å². The lowest BCUT2D eigenvalue weighted by atomic mass is 10.0. The molecule has 6 nitrogen and oxygen atoms in total. The molecular weight excluding hydrogens is 294 g/mol. The Bertz CT molecular complexity index is 779. The molecule has 0 aliphatic carbocycles. The topological polar surface area (TPSA) is 75.4 Å². The zero-order chi connectivity index (χ0) is 16.6. The van der Waals surface area contributed by atoms with Crippen molar-refractivity contribution < 1.29 is 14.7 Å². The normalized spacial score (nSPS) is 14.3. The third-order valence-electron chi connectivity index (χ3n) is 4.33. The third kappa shape index (κ3) is 2.84. The van der Waals surface area contributed by atoms with Gasteiger partial charge in [-0.2, -0.15) is 0 Å². The first-order valence-electron chi connectivity index (χ1n) is 7.60. The van der Waals surface area contributed by atoms with Gasteiger partial charge in [-0.3, -0.25) is 9.78 Å². The number of pyridine rings is 1. The first-order chi connectivity index (χ1) is 11.0. The average Bonchev–Trinajstić information content (AvgIpc) is 2.82. The molecule has 2 aromatic rings. The van der Waals surface area contributed by atoms with Gasteiger partial charge in [0.05, 0.1) is 11.3 Å². The van der Waals surface area contributed by atoms with Crippen LogP contribution in [0.2, 0.25) is 0 Å². The molecule has 2 aromatic heterocycles. The van der Waals surface area contributed by atoms with E-state index in [1.54, 1.807) is 13.0 Å². The first kappa shape index (κ1) is 15.3. The van der Waals surface area contributed by atoms with E-state index in [-0.39, 0.29) is 11.5 Å². The van der Waals surface area contributed by atoms with Crippen LogP contribution in [0.1, 0.15) is 37.8 Å². The molecule has 3 heterocycles. The second-order valence-electron chi connectivity index (χ2n) is 5.83. The fourth-order valence-electron chi connectivity index (χ4n) is 3.00. The molecule has 0 spiro atoms. The quantitative estimate of drug-likeness (QED) is 0.915. The van der Waals surface area contributed by atoms with E-state index < -0.39 is 5.97 Å². The molecule has 3 rings (SSSR count). The number of aromatic nitrogens is 2. The summed E-state index contributed by atoms with van der Waals surface area (Å²) in [7, 11) is 1.85. The highest BCUT2D eigenvalue weighted by Gasteiger charge is 2.23. The summed E-state index contributed by atoms with van der Waals surface area (Å²) < 4.78 is 1.81. The Morgan fingerprint density at radius 3 is 2.65 bits per heavy atom. The van der Waals surface area contributed by atoms with E-state index in [9.17, 15) is 14.7 Å². The molecular formula is C17H19N3O3. The molecule has 0 atom stereocenters. The zero-order valence-corrected chi connectivity index (χ0v) is 13.2. The lowest BCUT2D eigenvalue weighted by molar-refractivity contribution is 0.0693. The Morgan fingerprint density at radius 1 is 1.26 bits per heavy atom. The van der Waals surface area contributed by atoms with Crippen LogP contribution in [-0.4, -0.2) is 44.5 Å². The molecule has 1 N–H and O–H groups in total. The van der Waals surface area contributed by atoms with Crippen LogP contribution in [-0.2, 0) is 19.9 Å². The van der Waals surface area contributed by atoms with E-state index in [0.29, 0.717) is 37.3 Å². The van der Waals surface area contributed by atoms with Crippen LogP contribution >= 0.6 is 0 Å². The number of hydrogen-bond donors (Lipinski definition) is 1. The van der Waals surface area contributed by atoms with E-state index in [1.807, 2.05) is 34.8 Å². The van der Waals surface area contributed by atoms with Gasteiger partial charge in [0.25, 0.3) is 5.91 Å². The molecule has 0 saturated carbocycles. The standard InChI is InChI=1S/C17H19N3O3/c1-11-13(17(22)23)10-12-5-8-20(9-6-14(12)18-11)16(21)15-4-3-7-19(15)2/h3-4,7,10H,5-6,8-9H2,1-2H3,(H,22,23). The summed E-state index contributed by atoms with van der Waals surface area (Å²) >= 11 is 0. The van der Waals surface area contributed by atoms with Crippen LogP contribution in [0, 0.1) is 6.92 Å². The fourth-order valence-corrected chi connectivity index (χ4v) is 3.00. The number of aryl methyl sites for hydroxylation is 2. The Kier molecular flexibility index (Phi) is 3.90. The highest BCUT2D eigenvalue weighted by Crippen LogP contribution is 2.19. The zero-order valence-electron chi connectivity index (χ0n) is 13.2. The molecule has 0 bridgehead atoms. The van der Waals surface area contributed by atoms with E-state index in [2.05, 4.69) is 4.98 Å². The highest BCUT2D eigenvalue weighted by molar-refractivity contribution is 5.93. The summed E-state index contributed by atoms with van der Waals surface area (Å²) in [6.07, 6.45) is 3.12. The van der Waals surface area contributed by atoms with Gasteiger partial charge in [-0.15, -0.1) is 0 Å². The molecule has 0 radical (unpaired) electrons. The van der Waals surface area contributed by atoms with Crippen molar-refractivity contribution in [2.45, 2.75) is 19.8 Å². The SMILES string of the molecule is Cc1nc2c(cc1C(=O)O)CCN(C(=O)c1cccn1C)CC2. The van der Waals surface area contributed by atoms with E-state index in [4.69, 9.17) is 0 Å². The van der Waals surface area contributed by atoms with Gasteiger partial charge in [-0.05, 0) is 37.1 Å². The lowest BCUT2D eigenvalue weighted by Crippen LogP contribution is -2.34. The average molecular weight is 313 g/mol. The van der Waals surface area contributed by atoms with Crippen molar-refractivity contribution in [2.75, 3.05) is 13.1 Å². The van der Waals surface area contributed by atoms with E-state index in [0.717, 1.165) is 11.3 Å². The van der Waals surface area contributed by atoms with Crippen LogP contribution in [0.15, 0.2) is 24.4 Å². The smallest absolute Gasteiger partial charge is 0.337 e. The number of carbonyl (C=O) groups is 2. The highest BCUT2D eigenvalue weighted by atomic mass is 16.4. The van der Waals surface area contributed by atoms with Crippen molar-refractivity contribution in [2.24, 2.45) is 7.05 Å². The Morgan fingerprint density at radius 2 is 2.00 bits per heavy atom. The van der Waals surface area contributed by atoms with Gasteiger partial charge in [0.15, 0.2) is 0 Å². The van der Waals surface area contributed by atoms with E-state index in [1.165, 1.54) is 0 Å². The van der Waals surface area contributed by atoms with Gasteiger partial charge in [-0.1, -0.05) is 0 Å². The van der Waals surface area contributed by atoms with Crippen LogP contribution in [0.4, 0.5) is 0 Å². The third-order valence-corrected chi connectivity index (χ3v) is 4.33. The second kappa shape index (κ2) is 5.87. The van der Waals surface area contributed by atoms with Gasteiger partial charge in [0.1, 0.15) is 5.69 Å². The molecule has 0 unspecified atom stereocenters. The molecule has 1 aliphatic heterocycles. The molecule has 1 amide bonds. The largest absolute Gasteiger partial charge is 0.478 e. The van der Waals surface area contributed by atoms with Crippen LogP contribution < -0.4 is 0 Å². The number of aromatic carboxylic acids is 1. The van der Waals surface area contributed by atoms with Crippen molar-refractivity contribution in [3.63, 3.8) is 0 Å². The minimum absolute atomic E-state index is 0.000450. The number of fused-ring (bicyclic) bond motifs is 1. The maximum absolute atomic E-state index is 12.6. The Balaban J connectivity index is 1.84. The lowest BCUT2D eigenvalue weighted by Gasteiger charge is -2.20. The summed E-state index contributed by atoms with van der Waals surface area (Å²) in [4.78, 5) is 30.1. The molecule has 1 aliphatic rings. The number of rotatable bonds is 2. The van der Waals surface area contributed by atoms with Crippen molar-refractivity contribution in [1.29, 1.82) is 0 Å². The van der Waals surface area contributed by atoms with Crippen molar-refractivity contribution in [3.05, 3.63) is 52.6 Å². The minimum Gasteiger partial charge on any atom is -0.478 e. The second-order valence-corrected chi connectivity index (χ2v) is 5.83. The predicted molar refractivity (Wildman–Crippen MR) is 84.7 cm³/mol. The maximum atomic E-state index is 12.6. The van der Waals surface area contributed by atoms with Crippen molar-refractivity contribution >= 4 is 11.9 Å². The summed E-state index contributed by atoms with van der Waals surface area (Å²) in [6, 6.07) is 5.37. The Hall–Kier alpha value is -2.63. The van der Waals surface area contributed by atoms with E-state index >= 15 is 0 Å². The van der Waals surface area contributed by atoms with Crippen molar-refractivity contribution in [3.8, 4) is 0 Å². The van der Waals surface area contributed by atoms with Crippen LogP contribution in [0.3, 0.4) is 0 Å². The summed E-state index contributed by atoms with van der Waals surface area (Å²) in [5.74, 6) is -0.959. The van der Waals surface area contributed by atoms with Crippen LogP contribution in [0.5, 0.6) is 0 Å². The molecule has 0 saturated heterocycles. The summed E-state index contributed by atoms with van der Waals surface area (Å²) in [5, 5.41) is 9.23. The van der Waals surface area contributed by atoms with Crippen molar-refractivity contribution in [1.82, 2.24) is 14.5 Å². The number of hydrogen-bond acceptors (Lipinski definition) is 3. The fraction of sp³-hybridized carbons (Fsp3) is 0.353. The number of nitrogens with zero attached hydrogens (tertiary/aromatic N) is 3. The van der Waals surface area contributed by atoms with Gasteiger partial charge in [-0.25, -0.2) is 4.79 Å². The van der Waals surface area contributed by atoms with Gasteiger partial charge in [0.2, 0.25) is 0 Å². The van der Waals surface area contributed by atoms with Crippen LogP contribution in [0.25, 0.3) is 0 Å².